The Morgan fingerprint density at radius 1 is 1.24 bits per heavy atom. The fraction of sp³-hybridized carbons (Fsp3) is 0.550. The number of hydrogen-bond acceptors (Lipinski definition) is 8. The van der Waals surface area contributed by atoms with Gasteiger partial charge < -0.3 is 29.2 Å². The van der Waals surface area contributed by atoms with Gasteiger partial charge in [-0.3, -0.25) is 4.98 Å². The van der Waals surface area contributed by atoms with Crippen LogP contribution in [0.4, 0.5) is 0 Å². The summed E-state index contributed by atoms with van der Waals surface area (Å²) in [5.41, 5.74) is 0.794. The third-order valence-electron chi connectivity index (χ3n) is 4.35. The third-order valence-corrected chi connectivity index (χ3v) is 4.35. The molecule has 1 fully saturated rings. The summed E-state index contributed by atoms with van der Waals surface area (Å²) < 4.78 is 21.7. The molecule has 3 N–H and O–H groups in total. The van der Waals surface area contributed by atoms with Gasteiger partial charge in [-0.15, -0.1) is 0 Å². The second-order valence-electron chi connectivity index (χ2n) is 7.61. The first-order valence-corrected chi connectivity index (χ1v) is 9.48. The van der Waals surface area contributed by atoms with E-state index in [4.69, 9.17) is 18.4 Å². The summed E-state index contributed by atoms with van der Waals surface area (Å²) >= 11 is 0. The van der Waals surface area contributed by atoms with Gasteiger partial charge in [-0.05, 0) is 58.8 Å². The summed E-state index contributed by atoms with van der Waals surface area (Å²) in [4.78, 5) is 8.38. The van der Waals surface area contributed by atoms with Gasteiger partial charge in [0.2, 0.25) is 5.82 Å². The van der Waals surface area contributed by atoms with E-state index in [2.05, 4.69) is 20.4 Å². The average Bonchev–Trinajstić information content (AvgIpc) is 3.34. The highest BCUT2D eigenvalue weighted by molar-refractivity contribution is 5.80. The van der Waals surface area contributed by atoms with Crippen LogP contribution in [0.1, 0.15) is 39.5 Å². The van der Waals surface area contributed by atoms with Crippen molar-refractivity contribution >= 4 is 11.0 Å². The van der Waals surface area contributed by atoms with E-state index in [1.54, 1.807) is 25.6 Å². The Hall–Kier alpha value is -2.33. The third kappa shape index (κ3) is 6.90. The van der Waals surface area contributed by atoms with Crippen LogP contribution in [0.2, 0.25) is 0 Å². The molecule has 1 saturated heterocycles. The minimum atomic E-state index is 0. The Labute approximate surface area is 170 Å². The smallest absolute Gasteiger partial charge is 0.253 e. The highest BCUT2D eigenvalue weighted by Gasteiger charge is 2.17. The number of hydrogen-bond donors (Lipinski definition) is 1. The molecule has 29 heavy (non-hydrogen) atoms. The number of pyridine rings is 1. The molecular formula is C20H30N4O5. The van der Waals surface area contributed by atoms with Crippen LogP contribution in [-0.2, 0) is 16.1 Å². The van der Waals surface area contributed by atoms with Crippen molar-refractivity contribution in [1.29, 1.82) is 0 Å². The summed E-state index contributed by atoms with van der Waals surface area (Å²) in [6.45, 7) is 8.38. The summed E-state index contributed by atoms with van der Waals surface area (Å²) in [5, 5.41) is 8.17. The number of rotatable bonds is 4. The number of nitrogens with zero attached hydrogens (tertiary/aromatic N) is 3. The summed E-state index contributed by atoms with van der Waals surface area (Å²) in [6, 6.07) is 3.66. The van der Waals surface area contributed by atoms with Crippen molar-refractivity contribution in [2.24, 2.45) is 0 Å². The van der Waals surface area contributed by atoms with Crippen LogP contribution in [0.25, 0.3) is 22.6 Å². The molecule has 9 heteroatoms. The quantitative estimate of drug-likeness (QED) is 0.700. The first-order chi connectivity index (χ1) is 13.4. The molecule has 0 amide bonds. The predicted molar refractivity (Wildman–Crippen MR) is 108 cm³/mol. The van der Waals surface area contributed by atoms with E-state index in [-0.39, 0.29) is 17.2 Å². The Morgan fingerprint density at radius 2 is 1.97 bits per heavy atom. The van der Waals surface area contributed by atoms with Gasteiger partial charge in [-0.2, -0.15) is 4.98 Å². The molecule has 9 nitrogen and oxygen atoms in total. The van der Waals surface area contributed by atoms with E-state index in [1.807, 2.05) is 26.8 Å². The van der Waals surface area contributed by atoms with Crippen molar-refractivity contribution in [3.63, 3.8) is 0 Å². The van der Waals surface area contributed by atoms with Crippen molar-refractivity contribution in [2.45, 2.75) is 51.9 Å². The highest BCUT2D eigenvalue weighted by atomic mass is 16.5. The molecule has 160 valence electrons. The van der Waals surface area contributed by atoms with Crippen LogP contribution in [0.15, 0.2) is 33.5 Å². The molecule has 0 unspecified atom stereocenters. The van der Waals surface area contributed by atoms with Gasteiger partial charge in [0.15, 0.2) is 5.76 Å². The summed E-state index contributed by atoms with van der Waals surface area (Å²) in [5.74, 6) is 1.46. The Bertz CT molecular complexity index is 832. The monoisotopic (exact) mass is 406 g/mol. The molecular weight excluding hydrogens is 376 g/mol. The average molecular weight is 406 g/mol. The number of fused-ring (bicyclic) bond motifs is 1. The lowest BCUT2D eigenvalue weighted by Crippen LogP contribution is -2.32. The lowest BCUT2D eigenvalue weighted by Gasteiger charge is -2.21. The number of methoxy groups -OCH3 is 1. The predicted octanol–water partition coefficient (Wildman–Crippen LogP) is 2.75. The van der Waals surface area contributed by atoms with E-state index in [0.29, 0.717) is 24.1 Å². The zero-order valence-electron chi connectivity index (χ0n) is 17.4. The van der Waals surface area contributed by atoms with Gasteiger partial charge in [0, 0.05) is 24.9 Å². The van der Waals surface area contributed by atoms with Crippen LogP contribution in [0.5, 0.6) is 0 Å². The molecule has 0 aliphatic carbocycles. The molecule has 0 bridgehead atoms. The first kappa shape index (κ1) is 23.0. The molecule has 0 spiro atoms. The fourth-order valence-electron chi connectivity index (χ4n) is 2.56. The van der Waals surface area contributed by atoms with Crippen molar-refractivity contribution in [1.82, 2.24) is 20.4 Å². The van der Waals surface area contributed by atoms with Gasteiger partial charge in [0.05, 0.1) is 11.7 Å². The fourth-order valence-corrected chi connectivity index (χ4v) is 2.56. The van der Waals surface area contributed by atoms with E-state index >= 15 is 0 Å². The Morgan fingerprint density at radius 3 is 2.62 bits per heavy atom. The molecule has 1 aliphatic heterocycles. The maximum absolute atomic E-state index is 5.80. The van der Waals surface area contributed by atoms with Crippen LogP contribution in [0.3, 0.4) is 0 Å². The molecule has 0 atom stereocenters. The molecule has 0 aromatic carbocycles. The number of furan rings is 1. The van der Waals surface area contributed by atoms with Crippen LogP contribution in [-0.4, -0.2) is 52.5 Å². The highest BCUT2D eigenvalue weighted by Crippen LogP contribution is 2.25. The minimum Gasteiger partial charge on any atom is -0.452 e. The zero-order chi connectivity index (χ0) is 20.0. The minimum absolute atomic E-state index is 0. The maximum Gasteiger partial charge on any atom is 0.253 e. The van der Waals surface area contributed by atoms with E-state index in [9.17, 15) is 0 Å². The number of ether oxygens (including phenoxy) is 2. The van der Waals surface area contributed by atoms with Crippen molar-refractivity contribution < 1.29 is 23.9 Å². The van der Waals surface area contributed by atoms with Crippen LogP contribution >= 0.6 is 0 Å². The molecule has 0 radical (unpaired) electrons. The van der Waals surface area contributed by atoms with Crippen molar-refractivity contribution in [3.05, 3.63) is 30.4 Å². The Balaban J connectivity index is 0.000000379. The Kier molecular flexibility index (Phi) is 8.27. The number of aromatic nitrogens is 3. The SMILES string of the molecule is COC(C)(C)C.O.c1cc2oc(-c3noc(COC4CCNCC4)n3)cc2cn1. The van der Waals surface area contributed by atoms with Gasteiger partial charge in [-0.1, -0.05) is 5.16 Å². The molecule has 0 saturated carbocycles. The van der Waals surface area contributed by atoms with Gasteiger partial charge in [-0.25, -0.2) is 0 Å². The van der Waals surface area contributed by atoms with Crippen LogP contribution in [0, 0.1) is 0 Å². The molecule has 3 aromatic rings. The van der Waals surface area contributed by atoms with Crippen molar-refractivity contribution in [2.75, 3.05) is 20.2 Å². The normalized spacial score (nSPS) is 14.9. The van der Waals surface area contributed by atoms with Gasteiger partial charge >= 0.3 is 0 Å². The summed E-state index contributed by atoms with van der Waals surface area (Å²) in [7, 11) is 1.71. The standard InChI is InChI=1S/C15H16N4O3.C5H12O.H2O/c1-4-16-5-2-11(1)20-9-14-18-15(19-22-14)13-7-10-8-17-6-3-12(10)21-13;1-5(2,3)6-4;/h3,6-8,11,16H,1-2,4-5,9H2;1-4H3;1H2. The molecule has 1 aliphatic rings. The number of nitrogens with one attached hydrogen (secondary N) is 1. The van der Waals surface area contributed by atoms with Gasteiger partial charge in [0.25, 0.3) is 5.89 Å². The van der Waals surface area contributed by atoms with E-state index in [0.717, 1.165) is 36.9 Å². The largest absolute Gasteiger partial charge is 0.452 e. The van der Waals surface area contributed by atoms with Gasteiger partial charge in [0.1, 0.15) is 12.2 Å². The lowest BCUT2D eigenvalue weighted by atomic mass is 10.1. The van der Waals surface area contributed by atoms with Crippen LogP contribution < -0.4 is 5.32 Å². The topological polar surface area (TPSA) is 127 Å². The number of piperidine rings is 1. The lowest BCUT2D eigenvalue weighted by molar-refractivity contribution is 0.00859. The maximum atomic E-state index is 5.80. The van der Waals surface area contributed by atoms with E-state index < -0.39 is 0 Å². The second-order valence-corrected chi connectivity index (χ2v) is 7.61. The first-order valence-electron chi connectivity index (χ1n) is 9.48. The van der Waals surface area contributed by atoms with E-state index in [1.165, 1.54) is 0 Å². The zero-order valence-corrected chi connectivity index (χ0v) is 17.4. The second kappa shape index (κ2) is 10.4. The summed E-state index contributed by atoms with van der Waals surface area (Å²) in [6.07, 6.45) is 5.71. The van der Waals surface area contributed by atoms with Crippen molar-refractivity contribution in [3.8, 4) is 11.6 Å². The molecule has 3 aromatic heterocycles. The molecule has 4 rings (SSSR count). The molecule has 4 heterocycles.